The molecule has 1 heterocycles. The topological polar surface area (TPSA) is 64.5 Å². The maximum atomic E-state index is 8.57. The molecule has 1 unspecified atom stereocenters. The van der Waals surface area contributed by atoms with Gasteiger partial charge in [-0.15, -0.1) is 0 Å². The van der Waals surface area contributed by atoms with Crippen LogP contribution >= 0.6 is 0 Å². The van der Waals surface area contributed by atoms with Gasteiger partial charge in [-0.3, -0.25) is 5.10 Å². The molecule has 0 aliphatic rings. The lowest BCUT2D eigenvalue weighted by Gasteiger charge is -2.19. The highest BCUT2D eigenvalue weighted by molar-refractivity contribution is 5.23. The van der Waals surface area contributed by atoms with Crippen LogP contribution in [0.25, 0.3) is 0 Å². The summed E-state index contributed by atoms with van der Waals surface area (Å²) in [5.41, 5.74) is 2.41. The molecule has 1 aromatic rings. The number of hydrogen-bond donors (Lipinski definition) is 2. The normalized spacial score (nSPS) is 13.4. The average molecular weight is 220 g/mol. The summed E-state index contributed by atoms with van der Waals surface area (Å²) in [6.07, 6.45) is 2.38. The Morgan fingerprint density at radius 3 is 2.81 bits per heavy atom. The zero-order chi connectivity index (χ0) is 12.2. The van der Waals surface area contributed by atoms with Crippen molar-refractivity contribution in [2.24, 2.45) is 0 Å². The van der Waals surface area contributed by atoms with Crippen LogP contribution in [0.15, 0.2) is 6.20 Å². The summed E-state index contributed by atoms with van der Waals surface area (Å²) in [7, 11) is 0. The second-order valence-corrected chi connectivity index (χ2v) is 5.16. The molecule has 0 amide bonds. The van der Waals surface area contributed by atoms with Gasteiger partial charge in [0.2, 0.25) is 0 Å². The van der Waals surface area contributed by atoms with E-state index >= 15 is 0 Å². The van der Waals surface area contributed by atoms with E-state index in [1.54, 1.807) is 0 Å². The van der Waals surface area contributed by atoms with Crippen molar-refractivity contribution < 1.29 is 0 Å². The van der Waals surface area contributed by atoms with Crippen molar-refractivity contribution in [3.63, 3.8) is 0 Å². The Hall–Kier alpha value is -1.34. The molecule has 0 spiro atoms. The van der Waals surface area contributed by atoms with Crippen LogP contribution in [0, 0.1) is 11.3 Å². The number of aromatic amines is 1. The SMILES string of the molecule is CC(CC#N)NCc1cn[nH]c1C(C)(C)C. The van der Waals surface area contributed by atoms with Crippen LogP contribution in [0.3, 0.4) is 0 Å². The predicted octanol–water partition coefficient (Wildman–Crippen LogP) is 2.10. The second kappa shape index (κ2) is 5.13. The molecule has 2 N–H and O–H groups in total. The van der Waals surface area contributed by atoms with Crippen molar-refractivity contribution in [1.29, 1.82) is 5.26 Å². The fourth-order valence-electron chi connectivity index (χ4n) is 1.59. The third-order valence-electron chi connectivity index (χ3n) is 2.51. The van der Waals surface area contributed by atoms with E-state index in [0.29, 0.717) is 6.42 Å². The van der Waals surface area contributed by atoms with Crippen LogP contribution in [-0.4, -0.2) is 16.2 Å². The van der Waals surface area contributed by atoms with Gasteiger partial charge in [0.05, 0.1) is 18.7 Å². The first kappa shape index (κ1) is 12.7. The van der Waals surface area contributed by atoms with Gasteiger partial charge in [0, 0.05) is 29.3 Å². The fourth-order valence-corrected chi connectivity index (χ4v) is 1.59. The summed E-state index contributed by atoms with van der Waals surface area (Å²) in [6, 6.07) is 2.37. The third kappa shape index (κ3) is 3.35. The summed E-state index contributed by atoms with van der Waals surface area (Å²) >= 11 is 0. The maximum Gasteiger partial charge on any atom is 0.0638 e. The van der Waals surface area contributed by atoms with E-state index in [9.17, 15) is 0 Å². The number of rotatable bonds is 4. The van der Waals surface area contributed by atoms with Crippen molar-refractivity contribution in [2.45, 2.75) is 52.1 Å². The van der Waals surface area contributed by atoms with E-state index < -0.39 is 0 Å². The first-order valence-corrected chi connectivity index (χ1v) is 5.58. The van der Waals surface area contributed by atoms with E-state index in [1.807, 2.05) is 13.1 Å². The molecular weight excluding hydrogens is 200 g/mol. The number of hydrogen-bond acceptors (Lipinski definition) is 3. The molecule has 0 saturated heterocycles. The minimum absolute atomic E-state index is 0.0754. The Morgan fingerprint density at radius 1 is 1.56 bits per heavy atom. The van der Waals surface area contributed by atoms with Crippen molar-refractivity contribution in [3.8, 4) is 6.07 Å². The van der Waals surface area contributed by atoms with Crippen molar-refractivity contribution in [2.75, 3.05) is 0 Å². The minimum atomic E-state index is 0.0754. The summed E-state index contributed by atoms with van der Waals surface area (Å²) < 4.78 is 0. The molecule has 0 aliphatic carbocycles. The molecule has 1 rings (SSSR count). The number of nitrogens with zero attached hydrogens (tertiary/aromatic N) is 2. The highest BCUT2D eigenvalue weighted by atomic mass is 15.1. The van der Waals surface area contributed by atoms with Crippen LogP contribution in [0.2, 0.25) is 0 Å². The van der Waals surface area contributed by atoms with Crippen LogP contribution < -0.4 is 5.32 Å². The molecule has 4 nitrogen and oxygen atoms in total. The van der Waals surface area contributed by atoms with Crippen LogP contribution in [0.4, 0.5) is 0 Å². The lowest BCUT2D eigenvalue weighted by molar-refractivity contribution is 0.529. The third-order valence-corrected chi connectivity index (χ3v) is 2.51. The minimum Gasteiger partial charge on any atom is -0.309 e. The molecule has 0 saturated carbocycles. The molecular formula is C12H20N4. The molecule has 16 heavy (non-hydrogen) atoms. The number of nitriles is 1. The van der Waals surface area contributed by atoms with E-state index in [1.165, 1.54) is 5.56 Å². The average Bonchev–Trinajstić information content (AvgIpc) is 2.62. The van der Waals surface area contributed by atoms with E-state index in [4.69, 9.17) is 5.26 Å². The molecule has 1 aromatic heterocycles. The van der Waals surface area contributed by atoms with Crippen molar-refractivity contribution in [3.05, 3.63) is 17.5 Å². The van der Waals surface area contributed by atoms with Gasteiger partial charge in [0.15, 0.2) is 0 Å². The Morgan fingerprint density at radius 2 is 2.25 bits per heavy atom. The number of H-pyrrole nitrogens is 1. The smallest absolute Gasteiger partial charge is 0.0638 e. The largest absolute Gasteiger partial charge is 0.309 e. The number of nitrogens with one attached hydrogen (secondary N) is 2. The Balaban J connectivity index is 2.62. The molecule has 0 aromatic carbocycles. The van der Waals surface area contributed by atoms with Gasteiger partial charge in [0.1, 0.15) is 0 Å². The molecule has 1 atom stereocenters. The maximum absolute atomic E-state index is 8.57. The predicted molar refractivity (Wildman–Crippen MR) is 63.8 cm³/mol. The Labute approximate surface area is 97.1 Å². The Bertz CT molecular complexity index is 367. The molecule has 0 aliphatic heterocycles. The van der Waals surface area contributed by atoms with Crippen LogP contribution in [-0.2, 0) is 12.0 Å². The highest BCUT2D eigenvalue weighted by Gasteiger charge is 2.19. The van der Waals surface area contributed by atoms with Gasteiger partial charge in [0.25, 0.3) is 0 Å². The second-order valence-electron chi connectivity index (χ2n) is 5.16. The lowest BCUT2D eigenvalue weighted by Crippen LogP contribution is -2.26. The van der Waals surface area contributed by atoms with Gasteiger partial charge in [-0.2, -0.15) is 10.4 Å². The van der Waals surface area contributed by atoms with Crippen molar-refractivity contribution >= 4 is 0 Å². The molecule has 0 bridgehead atoms. The fraction of sp³-hybridized carbons (Fsp3) is 0.667. The summed E-state index contributed by atoms with van der Waals surface area (Å²) in [5.74, 6) is 0. The summed E-state index contributed by atoms with van der Waals surface area (Å²) in [6.45, 7) is 9.24. The molecule has 0 fully saturated rings. The Kier molecular flexibility index (Phi) is 4.08. The van der Waals surface area contributed by atoms with Gasteiger partial charge < -0.3 is 5.32 Å². The summed E-state index contributed by atoms with van der Waals surface area (Å²) in [5, 5.41) is 19.0. The quantitative estimate of drug-likeness (QED) is 0.816. The molecule has 88 valence electrons. The highest BCUT2D eigenvalue weighted by Crippen LogP contribution is 2.23. The van der Waals surface area contributed by atoms with E-state index in [-0.39, 0.29) is 11.5 Å². The molecule has 4 heteroatoms. The van der Waals surface area contributed by atoms with E-state index in [0.717, 1.165) is 12.2 Å². The van der Waals surface area contributed by atoms with Gasteiger partial charge in [-0.1, -0.05) is 20.8 Å². The standard InChI is InChI=1S/C12H20N4/c1-9(5-6-13)14-7-10-8-15-16-11(10)12(2,3)4/h8-9,14H,5,7H2,1-4H3,(H,15,16). The monoisotopic (exact) mass is 220 g/mol. The number of aromatic nitrogens is 2. The van der Waals surface area contributed by atoms with Gasteiger partial charge in [-0.05, 0) is 6.92 Å². The molecule has 0 radical (unpaired) electrons. The zero-order valence-electron chi connectivity index (χ0n) is 10.5. The van der Waals surface area contributed by atoms with E-state index in [2.05, 4.69) is 42.4 Å². The van der Waals surface area contributed by atoms with Crippen LogP contribution in [0.5, 0.6) is 0 Å². The first-order valence-electron chi connectivity index (χ1n) is 5.58. The van der Waals surface area contributed by atoms with Crippen molar-refractivity contribution in [1.82, 2.24) is 15.5 Å². The zero-order valence-corrected chi connectivity index (χ0v) is 10.5. The lowest BCUT2D eigenvalue weighted by atomic mass is 9.89. The first-order chi connectivity index (χ1) is 7.45. The van der Waals surface area contributed by atoms with Gasteiger partial charge in [-0.25, -0.2) is 0 Å². The van der Waals surface area contributed by atoms with Gasteiger partial charge >= 0.3 is 0 Å². The van der Waals surface area contributed by atoms with Crippen LogP contribution in [0.1, 0.15) is 45.4 Å². The summed E-state index contributed by atoms with van der Waals surface area (Å²) in [4.78, 5) is 0.